The summed E-state index contributed by atoms with van der Waals surface area (Å²) in [4.78, 5) is 41.8. The van der Waals surface area contributed by atoms with Crippen LogP contribution in [0.4, 0.5) is 0 Å². The maximum Gasteiger partial charge on any atom is 0.337 e. The van der Waals surface area contributed by atoms with Gasteiger partial charge in [-0.05, 0) is 44.9 Å². The Labute approximate surface area is 168 Å². The lowest BCUT2D eigenvalue weighted by Gasteiger charge is -2.18. The van der Waals surface area contributed by atoms with Gasteiger partial charge in [-0.15, -0.1) is 0 Å². The largest absolute Gasteiger partial charge is 0.465 e. The van der Waals surface area contributed by atoms with Crippen molar-refractivity contribution in [1.29, 1.82) is 0 Å². The van der Waals surface area contributed by atoms with Crippen molar-refractivity contribution in [3.8, 4) is 0 Å². The zero-order chi connectivity index (χ0) is 21.0. The molecule has 0 radical (unpaired) electrons. The predicted molar refractivity (Wildman–Crippen MR) is 111 cm³/mol. The number of amides is 1. The molecule has 28 heavy (non-hydrogen) atoms. The van der Waals surface area contributed by atoms with Gasteiger partial charge in [-0.1, -0.05) is 25.6 Å². The number of methoxy groups -OCH3 is 1. The van der Waals surface area contributed by atoms with Crippen LogP contribution in [0, 0.1) is 5.92 Å². The van der Waals surface area contributed by atoms with Gasteiger partial charge in [0.2, 0.25) is 5.91 Å². The summed E-state index contributed by atoms with van der Waals surface area (Å²) in [5.74, 6) is -0.381. The van der Waals surface area contributed by atoms with E-state index in [1.54, 1.807) is 29.7 Å². The number of carbonyl (C=O) groups is 2. The molecule has 1 N–H and O–H groups in total. The van der Waals surface area contributed by atoms with Crippen molar-refractivity contribution in [2.75, 3.05) is 7.11 Å². The number of ether oxygens (including phenoxy) is 1. The molecule has 1 atom stereocenters. The fourth-order valence-electron chi connectivity index (χ4n) is 2.68. The van der Waals surface area contributed by atoms with Crippen LogP contribution in [0.3, 0.4) is 0 Å². The number of nitrogens with one attached hydrogen (secondary N) is 1. The Bertz CT molecular complexity index is 937. The van der Waals surface area contributed by atoms with E-state index in [0.717, 1.165) is 0 Å². The second kappa shape index (κ2) is 9.23. The van der Waals surface area contributed by atoms with Crippen LogP contribution in [-0.2, 0) is 16.1 Å². The topological polar surface area (TPSA) is 90.3 Å². The molecule has 0 aliphatic heterocycles. The third-order valence-electron chi connectivity index (χ3n) is 3.97. The molecule has 1 aromatic heterocycles. The van der Waals surface area contributed by atoms with Crippen molar-refractivity contribution < 1.29 is 14.3 Å². The van der Waals surface area contributed by atoms with E-state index in [1.807, 2.05) is 27.7 Å². The van der Waals surface area contributed by atoms with Crippen molar-refractivity contribution in [3.05, 3.63) is 34.1 Å². The van der Waals surface area contributed by atoms with Crippen LogP contribution in [0.5, 0.6) is 0 Å². The molecule has 152 valence electrons. The Balaban J connectivity index is 2.55. The van der Waals surface area contributed by atoms with Gasteiger partial charge in [-0.2, -0.15) is 0 Å². The van der Waals surface area contributed by atoms with Crippen LogP contribution in [0.15, 0.2) is 28.2 Å². The highest BCUT2D eigenvalue weighted by atomic mass is 32.2. The molecule has 2 rings (SSSR count). The fourth-order valence-corrected chi connectivity index (χ4v) is 3.60. The van der Waals surface area contributed by atoms with Gasteiger partial charge in [0.15, 0.2) is 5.16 Å². The number of hydrogen-bond acceptors (Lipinski definition) is 6. The Hall–Kier alpha value is -2.35. The molecular formula is C20H27N3O4S. The minimum absolute atomic E-state index is 0.0283. The molecule has 1 amide bonds. The third kappa shape index (κ3) is 5.13. The fraction of sp³-hybridized carbons (Fsp3) is 0.500. The summed E-state index contributed by atoms with van der Waals surface area (Å²) < 4.78 is 6.35. The molecule has 0 unspecified atom stereocenters. The lowest BCUT2D eigenvalue weighted by Crippen LogP contribution is -2.36. The number of nitrogens with zero attached hydrogens (tertiary/aromatic N) is 2. The summed E-state index contributed by atoms with van der Waals surface area (Å²) in [6, 6.07) is 4.73. The molecule has 0 spiro atoms. The number of esters is 1. The molecule has 0 aliphatic carbocycles. The number of fused-ring (bicyclic) bond motifs is 1. The number of benzene rings is 1. The van der Waals surface area contributed by atoms with Crippen molar-refractivity contribution in [2.24, 2.45) is 5.92 Å². The summed E-state index contributed by atoms with van der Waals surface area (Å²) in [6.45, 7) is 10.1. The van der Waals surface area contributed by atoms with E-state index in [9.17, 15) is 14.4 Å². The Morgan fingerprint density at radius 2 is 1.89 bits per heavy atom. The van der Waals surface area contributed by atoms with Crippen LogP contribution in [0.25, 0.3) is 10.9 Å². The number of aromatic nitrogens is 2. The summed E-state index contributed by atoms with van der Waals surface area (Å²) >= 11 is 1.23. The van der Waals surface area contributed by atoms with E-state index in [0.29, 0.717) is 28.2 Å². The van der Waals surface area contributed by atoms with Crippen molar-refractivity contribution >= 4 is 34.5 Å². The Morgan fingerprint density at radius 3 is 2.46 bits per heavy atom. The van der Waals surface area contributed by atoms with Crippen LogP contribution in [-0.4, -0.2) is 39.8 Å². The van der Waals surface area contributed by atoms with E-state index in [4.69, 9.17) is 4.74 Å². The third-order valence-corrected chi connectivity index (χ3v) is 5.06. The zero-order valence-corrected chi connectivity index (χ0v) is 17.9. The highest BCUT2D eigenvalue weighted by Crippen LogP contribution is 2.24. The van der Waals surface area contributed by atoms with Gasteiger partial charge in [0.25, 0.3) is 5.56 Å². The van der Waals surface area contributed by atoms with Gasteiger partial charge in [0.05, 0.1) is 28.8 Å². The molecule has 0 aliphatic rings. The molecule has 2 aromatic rings. The summed E-state index contributed by atoms with van der Waals surface area (Å²) in [5, 5.41) is 3.33. The minimum Gasteiger partial charge on any atom is -0.465 e. The first-order valence-electron chi connectivity index (χ1n) is 9.24. The van der Waals surface area contributed by atoms with Gasteiger partial charge in [-0.25, -0.2) is 9.78 Å². The molecule has 1 heterocycles. The SMILES string of the molecule is COC(=O)c1ccc2c(=O)n(CC(C)C)c(S[C@H](C)C(=O)NC(C)C)nc2c1. The molecule has 1 aromatic carbocycles. The summed E-state index contributed by atoms with van der Waals surface area (Å²) in [7, 11) is 1.30. The second-order valence-electron chi connectivity index (χ2n) is 7.35. The Kier molecular flexibility index (Phi) is 7.23. The van der Waals surface area contributed by atoms with E-state index >= 15 is 0 Å². The van der Waals surface area contributed by atoms with Crippen molar-refractivity contribution in [1.82, 2.24) is 14.9 Å². The van der Waals surface area contributed by atoms with E-state index in [2.05, 4.69) is 10.3 Å². The smallest absolute Gasteiger partial charge is 0.337 e. The molecule has 0 fully saturated rings. The predicted octanol–water partition coefficient (Wildman–Crippen LogP) is 2.84. The van der Waals surface area contributed by atoms with Gasteiger partial charge >= 0.3 is 5.97 Å². The molecule has 0 bridgehead atoms. The van der Waals surface area contributed by atoms with Gasteiger partial charge < -0.3 is 10.1 Å². The standard InChI is InChI=1S/C20H27N3O4S/c1-11(2)10-23-18(25)15-8-7-14(19(26)27-6)9-16(15)22-20(23)28-13(5)17(24)21-12(3)4/h7-9,11-13H,10H2,1-6H3,(H,21,24)/t13-/m1/s1. The quantitative estimate of drug-likeness (QED) is 0.433. The molecule has 8 heteroatoms. The minimum atomic E-state index is -0.492. The second-order valence-corrected chi connectivity index (χ2v) is 8.66. The number of thioether (sulfide) groups is 1. The molecule has 0 saturated carbocycles. The summed E-state index contributed by atoms with van der Waals surface area (Å²) in [6.07, 6.45) is 0. The first-order valence-corrected chi connectivity index (χ1v) is 10.1. The Morgan fingerprint density at radius 1 is 1.21 bits per heavy atom. The van der Waals surface area contributed by atoms with E-state index in [1.165, 1.54) is 18.9 Å². The first-order chi connectivity index (χ1) is 13.1. The van der Waals surface area contributed by atoms with Crippen molar-refractivity contribution in [3.63, 3.8) is 0 Å². The highest BCUT2D eigenvalue weighted by Gasteiger charge is 2.21. The number of carbonyl (C=O) groups excluding carboxylic acids is 2. The van der Waals surface area contributed by atoms with Crippen LogP contribution >= 0.6 is 11.8 Å². The average Bonchev–Trinajstić information content (AvgIpc) is 2.62. The monoisotopic (exact) mass is 405 g/mol. The van der Waals surface area contributed by atoms with Gasteiger partial charge in [0, 0.05) is 12.6 Å². The average molecular weight is 406 g/mol. The van der Waals surface area contributed by atoms with Gasteiger partial charge in [-0.3, -0.25) is 14.2 Å². The van der Waals surface area contributed by atoms with Crippen LogP contribution in [0.2, 0.25) is 0 Å². The normalized spacial score (nSPS) is 12.4. The van der Waals surface area contributed by atoms with Gasteiger partial charge in [0.1, 0.15) is 0 Å². The maximum absolute atomic E-state index is 13.1. The summed E-state index contributed by atoms with van der Waals surface area (Å²) in [5.41, 5.74) is 0.547. The molecule has 0 saturated heterocycles. The molecular weight excluding hydrogens is 378 g/mol. The number of rotatable bonds is 7. The van der Waals surface area contributed by atoms with Crippen LogP contribution in [0.1, 0.15) is 45.0 Å². The number of hydrogen-bond donors (Lipinski definition) is 1. The molecule has 7 nitrogen and oxygen atoms in total. The maximum atomic E-state index is 13.1. The van der Waals surface area contributed by atoms with Crippen LogP contribution < -0.4 is 10.9 Å². The van der Waals surface area contributed by atoms with E-state index in [-0.39, 0.29) is 23.4 Å². The highest BCUT2D eigenvalue weighted by molar-refractivity contribution is 8.00. The first kappa shape index (κ1) is 21.9. The van der Waals surface area contributed by atoms with Crippen molar-refractivity contribution in [2.45, 2.75) is 57.6 Å². The van der Waals surface area contributed by atoms with E-state index < -0.39 is 11.2 Å². The lowest BCUT2D eigenvalue weighted by atomic mass is 10.1. The lowest BCUT2D eigenvalue weighted by molar-refractivity contribution is -0.120. The zero-order valence-electron chi connectivity index (χ0n) is 17.1.